The fourth-order valence-electron chi connectivity index (χ4n) is 2.35. The molecule has 0 saturated heterocycles. The average molecular weight is 273 g/mol. The summed E-state index contributed by atoms with van der Waals surface area (Å²) in [5, 5.41) is 4.11. The van der Waals surface area contributed by atoms with Crippen LogP contribution in [0.25, 0.3) is 0 Å². The second-order valence-corrected chi connectivity index (χ2v) is 5.47. The molecule has 0 fully saturated rings. The van der Waals surface area contributed by atoms with E-state index in [9.17, 15) is 0 Å². The quantitative estimate of drug-likeness (QED) is 0.803. The first-order valence-corrected chi connectivity index (χ1v) is 7.18. The van der Waals surface area contributed by atoms with E-state index in [0.29, 0.717) is 12.0 Å². The number of rotatable bonds is 6. The van der Waals surface area contributed by atoms with Crippen molar-refractivity contribution in [2.45, 2.75) is 45.7 Å². The van der Waals surface area contributed by atoms with Crippen molar-refractivity contribution in [2.75, 3.05) is 7.05 Å². The Morgan fingerprint density at radius 3 is 2.60 bits per heavy atom. The number of pyridine rings is 1. The minimum Gasteiger partial charge on any atom is -0.360 e. The molecule has 0 aromatic carbocycles. The number of nitrogens with zero attached hydrogens (tertiary/aromatic N) is 3. The monoisotopic (exact) mass is 273 g/mol. The summed E-state index contributed by atoms with van der Waals surface area (Å²) in [6, 6.07) is 8.40. The predicted octanol–water partition coefficient (Wildman–Crippen LogP) is 3.78. The second-order valence-electron chi connectivity index (χ2n) is 5.47. The molecule has 0 unspecified atom stereocenters. The summed E-state index contributed by atoms with van der Waals surface area (Å²) in [4.78, 5) is 6.72. The van der Waals surface area contributed by atoms with Crippen molar-refractivity contribution in [3.63, 3.8) is 0 Å². The molecular formula is C16H23N3O. The van der Waals surface area contributed by atoms with E-state index in [0.717, 1.165) is 30.1 Å². The van der Waals surface area contributed by atoms with Crippen LogP contribution in [-0.4, -0.2) is 22.1 Å². The second kappa shape index (κ2) is 6.66. The molecule has 0 N–H and O–H groups in total. The SMILES string of the molecule is CC[C@H](c1ccccn1)N(C)Cc1cc(C(C)C)no1. The minimum atomic E-state index is 0.295. The summed E-state index contributed by atoms with van der Waals surface area (Å²) >= 11 is 0. The third kappa shape index (κ3) is 3.45. The largest absolute Gasteiger partial charge is 0.360 e. The molecule has 0 amide bonds. The molecule has 0 aliphatic carbocycles. The van der Waals surface area contributed by atoms with Crippen LogP contribution in [-0.2, 0) is 6.54 Å². The summed E-state index contributed by atoms with van der Waals surface area (Å²) in [5.41, 5.74) is 2.11. The zero-order valence-corrected chi connectivity index (χ0v) is 12.7. The number of hydrogen-bond acceptors (Lipinski definition) is 4. The third-order valence-electron chi connectivity index (χ3n) is 3.52. The highest BCUT2D eigenvalue weighted by Crippen LogP contribution is 2.23. The van der Waals surface area contributed by atoms with E-state index in [1.165, 1.54) is 0 Å². The summed E-state index contributed by atoms with van der Waals surface area (Å²) in [6.07, 6.45) is 2.86. The van der Waals surface area contributed by atoms with Crippen LogP contribution in [0, 0.1) is 0 Å². The van der Waals surface area contributed by atoms with Crippen LogP contribution in [0.3, 0.4) is 0 Å². The van der Waals surface area contributed by atoms with Crippen LogP contribution in [0.1, 0.15) is 56.3 Å². The van der Waals surface area contributed by atoms with Crippen molar-refractivity contribution < 1.29 is 4.52 Å². The topological polar surface area (TPSA) is 42.2 Å². The van der Waals surface area contributed by atoms with Gasteiger partial charge in [0.2, 0.25) is 0 Å². The zero-order valence-electron chi connectivity index (χ0n) is 12.7. The summed E-state index contributed by atoms with van der Waals surface area (Å²) in [6.45, 7) is 7.16. The summed E-state index contributed by atoms with van der Waals surface area (Å²) in [5.74, 6) is 1.31. The van der Waals surface area contributed by atoms with Crippen LogP contribution in [0.4, 0.5) is 0 Å². The Balaban J connectivity index is 2.07. The lowest BCUT2D eigenvalue weighted by molar-refractivity contribution is 0.200. The highest BCUT2D eigenvalue weighted by molar-refractivity contribution is 5.11. The molecule has 108 valence electrons. The molecule has 4 nitrogen and oxygen atoms in total. The van der Waals surface area contributed by atoms with Gasteiger partial charge in [-0.05, 0) is 31.5 Å². The maximum Gasteiger partial charge on any atom is 0.150 e. The number of aromatic nitrogens is 2. The van der Waals surface area contributed by atoms with E-state index in [1.807, 2.05) is 24.4 Å². The van der Waals surface area contributed by atoms with Crippen LogP contribution < -0.4 is 0 Å². The van der Waals surface area contributed by atoms with Gasteiger partial charge in [0.1, 0.15) is 0 Å². The molecule has 0 saturated carbocycles. The van der Waals surface area contributed by atoms with Crippen LogP contribution in [0.2, 0.25) is 0 Å². The van der Waals surface area contributed by atoms with E-state index in [2.05, 4.69) is 48.9 Å². The smallest absolute Gasteiger partial charge is 0.150 e. The van der Waals surface area contributed by atoms with Crippen molar-refractivity contribution in [1.29, 1.82) is 0 Å². The van der Waals surface area contributed by atoms with Gasteiger partial charge in [-0.15, -0.1) is 0 Å². The Morgan fingerprint density at radius 1 is 1.25 bits per heavy atom. The first-order valence-electron chi connectivity index (χ1n) is 7.18. The van der Waals surface area contributed by atoms with E-state index < -0.39 is 0 Å². The van der Waals surface area contributed by atoms with Gasteiger partial charge < -0.3 is 4.52 Å². The molecule has 0 aliphatic rings. The van der Waals surface area contributed by atoms with E-state index in [-0.39, 0.29) is 0 Å². The van der Waals surface area contributed by atoms with Crippen molar-refractivity contribution in [1.82, 2.24) is 15.0 Å². The Morgan fingerprint density at radius 2 is 2.05 bits per heavy atom. The van der Waals surface area contributed by atoms with E-state index in [1.54, 1.807) is 0 Å². The van der Waals surface area contributed by atoms with Gasteiger partial charge in [0.15, 0.2) is 5.76 Å². The zero-order chi connectivity index (χ0) is 14.5. The molecule has 2 heterocycles. The van der Waals surface area contributed by atoms with E-state index in [4.69, 9.17) is 4.52 Å². The molecular weight excluding hydrogens is 250 g/mol. The Bertz CT molecular complexity index is 522. The maximum absolute atomic E-state index is 5.42. The third-order valence-corrected chi connectivity index (χ3v) is 3.52. The van der Waals surface area contributed by atoms with Gasteiger partial charge in [0.25, 0.3) is 0 Å². The van der Waals surface area contributed by atoms with Crippen LogP contribution in [0.5, 0.6) is 0 Å². The molecule has 2 rings (SSSR count). The van der Waals surface area contributed by atoms with Gasteiger partial charge in [-0.3, -0.25) is 9.88 Å². The van der Waals surface area contributed by atoms with Crippen molar-refractivity contribution in [3.8, 4) is 0 Å². The van der Waals surface area contributed by atoms with Gasteiger partial charge >= 0.3 is 0 Å². The molecule has 4 heteroatoms. The van der Waals surface area contributed by atoms with Crippen LogP contribution in [0.15, 0.2) is 35.0 Å². The molecule has 0 radical (unpaired) electrons. The summed E-state index contributed by atoms with van der Waals surface area (Å²) < 4.78 is 5.42. The molecule has 2 aromatic rings. The average Bonchev–Trinajstić information content (AvgIpc) is 2.89. The lowest BCUT2D eigenvalue weighted by atomic mass is 10.1. The van der Waals surface area contributed by atoms with Crippen molar-refractivity contribution in [3.05, 3.63) is 47.6 Å². The fourth-order valence-corrected chi connectivity index (χ4v) is 2.35. The maximum atomic E-state index is 5.42. The molecule has 2 aromatic heterocycles. The minimum absolute atomic E-state index is 0.295. The predicted molar refractivity (Wildman–Crippen MR) is 79.3 cm³/mol. The van der Waals surface area contributed by atoms with Gasteiger partial charge in [0.05, 0.1) is 24.0 Å². The Labute approximate surface area is 120 Å². The van der Waals surface area contributed by atoms with Gasteiger partial charge in [-0.2, -0.15) is 0 Å². The van der Waals surface area contributed by atoms with Gasteiger partial charge in [0, 0.05) is 12.3 Å². The van der Waals surface area contributed by atoms with Crippen molar-refractivity contribution >= 4 is 0 Å². The normalized spacial score (nSPS) is 13.1. The first kappa shape index (κ1) is 14.7. The molecule has 0 aliphatic heterocycles. The summed E-state index contributed by atoms with van der Waals surface area (Å²) in [7, 11) is 2.10. The van der Waals surface area contributed by atoms with Gasteiger partial charge in [-0.1, -0.05) is 32.0 Å². The highest BCUT2D eigenvalue weighted by Gasteiger charge is 2.18. The van der Waals surface area contributed by atoms with Gasteiger partial charge in [-0.25, -0.2) is 0 Å². The Hall–Kier alpha value is -1.68. The Kier molecular flexibility index (Phi) is 4.90. The molecule has 0 spiro atoms. The first-order chi connectivity index (χ1) is 9.61. The lowest BCUT2D eigenvalue weighted by Crippen LogP contribution is -2.24. The number of hydrogen-bond donors (Lipinski definition) is 0. The fraction of sp³-hybridized carbons (Fsp3) is 0.500. The molecule has 20 heavy (non-hydrogen) atoms. The highest BCUT2D eigenvalue weighted by atomic mass is 16.5. The standard InChI is InChI=1S/C16H23N3O/c1-5-16(14-8-6-7-9-17-14)19(4)11-13-10-15(12(2)3)18-20-13/h6-10,12,16H,5,11H2,1-4H3/t16-/m1/s1. The molecule has 1 atom stereocenters. The molecule has 0 bridgehead atoms. The van der Waals surface area contributed by atoms with E-state index >= 15 is 0 Å². The lowest BCUT2D eigenvalue weighted by Gasteiger charge is -2.25. The van der Waals surface area contributed by atoms with Crippen molar-refractivity contribution in [2.24, 2.45) is 0 Å². The van der Waals surface area contributed by atoms with Crippen LogP contribution >= 0.6 is 0 Å².